The van der Waals surface area contributed by atoms with Crippen molar-refractivity contribution in [3.05, 3.63) is 16.8 Å². The van der Waals surface area contributed by atoms with Crippen molar-refractivity contribution in [3.63, 3.8) is 0 Å². The molecule has 0 amide bonds. The Balaban J connectivity index is 1.81. The molecule has 1 aromatic heterocycles. The predicted molar refractivity (Wildman–Crippen MR) is 70.7 cm³/mol. The lowest BCUT2D eigenvalue weighted by Crippen LogP contribution is -2.57. The fourth-order valence-corrected chi connectivity index (χ4v) is 3.87. The van der Waals surface area contributed by atoms with Crippen molar-refractivity contribution in [1.29, 1.82) is 0 Å². The van der Waals surface area contributed by atoms with Crippen LogP contribution < -0.4 is 4.90 Å². The van der Waals surface area contributed by atoms with E-state index in [0.717, 1.165) is 18.7 Å². The first-order chi connectivity index (χ1) is 8.38. The molecule has 3 aliphatic heterocycles. The molecular formula is C13H18N2OS. The SMILES string of the molecule is O=CCN(c1ccsc1)[C@H]1CN2CCC1CC2. The zero-order chi connectivity index (χ0) is 11.7. The summed E-state index contributed by atoms with van der Waals surface area (Å²) in [5.41, 5.74) is 1.22. The van der Waals surface area contributed by atoms with Crippen molar-refractivity contribution in [1.82, 2.24) is 4.90 Å². The number of aldehydes is 1. The van der Waals surface area contributed by atoms with Crippen molar-refractivity contribution in [2.75, 3.05) is 31.1 Å². The molecule has 2 bridgehead atoms. The van der Waals surface area contributed by atoms with Crippen LogP contribution in [-0.4, -0.2) is 43.4 Å². The molecule has 3 aliphatic rings. The van der Waals surface area contributed by atoms with Gasteiger partial charge in [0.1, 0.15) is 6.29 Å². The predicted octanol–water partition coefficient (Wildman–Crippen LogP) is 1.85. The average molecular weight is 250 g/mol. The molecule has 4 rings (SSSR count). The van der Waals surface area contributed by atoms with Crippen LogP contribution >= 0.6 is 11.3 Å². The number of carbonyl (C=O) groups excluding carboxylic acids is 1. The van der Waals surface area contributed by atoms with E-state index in [2.05, 4.69) is 26.6 Å². The van der Waals surface area contributed by atoms with Crippen LogP contribution in [0.15, 0.2) is 16.8 Å². The molecule has 0 saturated carbocycles. The zero-order valence-corrected chi connectivity index (χ0v) is 10.7. The number of fused-ring (bicyclic) bond motifs is 3. The number of nitrogens with zero attached hydrogens (tertiary/aromatic N) is 2. The molecule has 0 spiro atoms. The van der Waals surface area contributed by atoms with Gasteiger partial charge < -0.3 is 14.6 Å². The van der Waals surface area contributed by atoms with Crippen molar-refractivity contribution < 1.29 is 4.79 Å². The van der Waals surface area contributed by atoms with E-state index in [4.69, 9.17) is 0 Å². The van der Waals surface area contributed by atoms with Gasteiger partial charge in [-0.05, 0) is 43.3 Å². The first-order valence-corrected chi connectivity index (χ1v) is 7.27. The number of rotatable bonds is 4. The molecule has 0 aliphatic carbocycles. The second-order valence-electron chi connectivity index (χ2n) is 5.01. The normalized spacial score (nSPS) is 31.4. The Hall–Kier alpha value is -0.870. The topological polar surface area (TPSA) is 23.6 Å². The number of thiophene rings is 1. The summed E-state index contributed by atoms with van der Waals surface area (Å²) in [5, 5.41) is 4.25. The Kier molecular flexibility index (Phi) is 3.16. The van der Waals surface area contributed by atoms with Crippen molar-refractivity contribution in [2.45, 2.75) is 18.9 Å². The van der Waals surface area contributed by atoms with E-state index >= 15 is 0 Å². The third-order valence-corrected chi connectivity index (χ3v) is 4.80. The fraction of sp³-hybridized carbons (Fsp3) is 0.615. The molecule has 3 fully saturated rings. The third kappa shape index (κ3) is 2.11. The Labute approximate surface area is 106 Å². The van der Waals surface area contributed by atoms with E-state index in [1.165, 1.54) is 31.6 Å². The first kappa shape index (κ1) is 11.2. The average Bonchev–Trinajstić information content (AvgIpc) is 2.91. The van der Waals surface area contributed by atoms with Crippen LogP contribution in [0.1, 0.15) is 12.8 Å². The quantitative estimate of drug-likeness (QED) is 0.762. The second-order valence-corrected chi connectivity index (χ2v) is 5.79. The van der Waals surface area contributed by atoms with Gasteiger partial charge >= 0.3 is 0 Å². The fourth-order valence-electron chi connectivity index (χ4n) is 3.22. The summed E-state index contributed by atoms with van der Waals surface area (Å²) in [5.74, 6) is 0.778. The first-order valence-electron chi connectivity index (χ1n) is 6.33. The summed E-state index contributed by atoms with van der Waals surface area (Å²) < 4.78 is 0. The molecule has 0 radical (unpaired) electrons. The molecule has 4 heterocycles. The molecule has 3 saturated heterocycles. The maximum absolute atomic E-state index is 10.9. The van der Waals surface area contributed by atoms with Crippen LogP contribution in [0.3, 0.4) is 0 Å². The molecule has 0 unspecified atom stereocenters. The highest BCUT2D eigenvalue weighted by atomic mass is 32.1. The van der Waals surface area contributed by atoms with E-state index in [9.17, 15) is 4.79 Å². The van der Waals surface area contributed by atoms with Crippen molar-refractivity contribution in [2.24, 2.45) is 5.92 Å². The van der Waals surface area contributed by atoms with Crippen LogP contribution in [-0.2, 0) is 4.79 Å². The van der Waals surface area contributed by atoms with Crippen LogP contribution in [0, 0.1) is 5.92 Å². The van der Waals surface area contributed by atoms with Gasteiger partial charge in [-0.3, -0.25) is 0 Å². The van der Waals surface area contributed by atoms with Crippen LogP contribution in [0.25, 0.3) is 0 Å². The summed E-state index contributed by atoms with van der Waals surface area (Å²) in [6.07, 6.45) is 3.63. The van der Waals surface area contributed by atoms with E-state index in [0.29, 0.717) is 12.6 Å². The zero-order valence-electron chi connectivity index (χ0n) is 9.92. The van der Waals surface area contributed by atoms with E-state index in [1.54, 1.807) is 11.3 Å². The van der Waals surface area contributed by atoms with E-state index < -0.39 is 0 Å². The summed E-state index contributed by atoms with van der Waals surface area (Å²) >= 11 is 1.71. The summed E-state index contributed by atoms with van der Waals surface area (Å²) in [7, 11) is 0. The number of hydrogen-bond donors (Lipinski definition) is 0. The van der Waals surface area contributed by atoms with Crippen molar-refractivity contribution >= 4 is 23.3 Å². The molecule has 3 nitrogen and oxygen atoms in total. The van der Waals surface area contributed by atoms with Gasteiger partial charge in [-0.25, -0.2) is 0 Å². The summed E-state index contributed by atoms with van der Waals surface area (Å²) in [6, 6.07) is 2.67. The molecule has 1 atom stereocenters. The highest BCUT2D eigenvalue weighted by Crippen LogP contribution is 2.33. The minimum atomic E-state index is 0.533. The van der Waals surface area contributed by atoms with E-state index in [-0.39, 0.29) is 0 Å². The van der Waals surface area contributed by atoms with Gasteiger partial charge in [0.15, 0.2) is 0 Å². The molecular weight excluding hydrogens is 232 g/mol. The molecule has 0 N–H and O–H groups in total. The van der Waals surface area contributed by atoms with Gasteiger partial charge in [-0.2, -0.15) is 11.3 Å². The molecule has 92 valence electrons. The largest absolute Gasteiger partial charge is 0.359 e. The second kappa shape index (κ2) is 4.78. The monoisotopic (exact) mass is 250 g/mol. The lowest BCUT2D eigenvalue weighted by atomic mass is 9.83. The third-order valence-electron chi connectivity index (χ3n) is 4.13. The molecule has 4 heteroatoms. The van der Waals surface area contributed by atoms with Gasteiger partial charge in [-0.1, -0.05) is 0 Å². The minimum absolute atomic E-state index is 0.533. The van der Waals surface area contributed by atoms with Crippen molar-refractivity contribution in [3.8, 4) is 0 Å². The smallest absolute Gasteiger partial charge is 0.139 e. The van der Waals surface area contributed by atoms with Crippen LogP contribution in [0.2, 0.25) is 0 Å². The maximum atomic E-state index is 10.9. The Morgan fingerprint density at radius 2 is 2.29 bits per heavy atom. The number of piperidine rings is 3. The van der Waals surface area contributed by atoms with Gasteiger partial charge in [0, 0.05) is 23.7 Å². The highest BCUT2D eigenvalue weighted by Gasteiger charge is 2.37. The van der Waals surface area contributed by atoms with Crippen LogP contribution in [0.4, 0.5) is 5.69 Å². The standard InChI is InChI=1S/C13H18N2OS/c16-7-6-15(12-3-8-17-10-12)13-9-14-4-1-11(13)2-5-14/h3,7-8,10-11,13H,1-2,4-6,9H2/t13-/m0/s1. The maximum Gasteiger partial charge on any atom is 0.139 e. The Morgan fingerprint density at radius 3 is 2.82 bits per heavy atom. The summed E-state index contributed by atoms with van der Waals surface area (Å²) in [4.78, 5) is 15.7. The highest BCUT2D eigenvalue weighted by molar-refractivity contribution is 7.08. The minimum Gasteiger partial charge on any atom is -0.359 e. The lowest BCUT2D eigenvalue weighted by Gasteiger charge is -2.49. The van der Waals surface area contributed by atoms with Gasteiger partial charge in [0.05, 0.1) is 6.54 Å². The summed E-state index contributed by atoms with van der Waals surface area (Å²) in [6.45, 7) is 4.17. The van der Waals surface area contributed by atoms with E-state index in [1.807, 2.05) is 0 Å². The molecule has 1 aromatic rings. The Bertz CT molecular complexity index is 371. The molecule has 0 aromatic carbocycles. The van der Waals surface area contributed by atoms with Gasteiger partial charge in [0.2, 0.25) is 0 Å². The number of carbonyl (C=O) groups is 1. The number of hydrogen-bond acceptors (Lipinski definition) is 4. The number of anilines is 1. The van der Waals surface area contributed by atoms with Gasteiger partial charge in [0.25, 0.3) is 0 Å². The lowest BCUT2D eigenvalue weighted by molar-refractivity contribution is -0.107. The Morgan fingerprint density at radius 1 is 1.47 bits per heavy atom. The van der Waals surface area contributed by atoms with Crippen LogP contribution in [0.5, 0.6) is 0 Å². The van der Waals surface area contributed by atoms with Gasteiger partial charge in [-0.15, -0.1) is 0 Å². The molecule has 17 heavy (non-hydrogen) atoms.